The summed E-state index contributed by atoms with van der Waals surface area (Å²) in [4.78, 5) is 18.6. The van der Waals surface area contributed by atoms with Gasteiger partial charge in [-0.15, -0.1) is 11.8 Å². The molecule has 0 spiro atoms. The van der Waals surface area contributed by atoms with Crippen LogP contribution >= 0.6 is 27.7 Å². The molecule has 2 heterocycles. The second kappa shape index (κ2) is 5.81. The van der Waals surface area contributed by atoms with Crippen LogP contribution in [0.15, 0.2) is 47.2 Å². The van der Waals surface area contributed by atoms with Gasteiger partial charge in [0.15, 0.2) is 0 Å². The lowest BCUT2D eigenvalue weighted by Crippen LogP contribution is -2.30. The van der Waals surface area contributed by atoms with Crippen molar-refractivity contribution < 1.29 is 4.79 Å². The molecule has 1 amide bonds. The molecule has 2 atom stereocenters. The minimum Gasteiger partial charge on any atom is -0.295 e. The second-order valence-corrected chi connectivity index (χ2v) is 7.34. The van der Waals surface area contributed by atoms with Crippen molar-refractivity contribution in [1.29, 1.82) is 0 Å². The number of benzene rings is 1. The van der Waals surface area contributed by atoms with Crippen molar-refractivity contribution in [3.05, 3.63) is 58.3 Å². The summed E-state index contributed by atoms with van der Waals surface area (Å²) < 4.78 is 1.05. The molecule has 1 aliphatic heterocycles. The van der Waals surface area contributed by atoms with E-state index >= 15 is 0 Å². The number of anilines is 1. The van der Waals surface area contributed by atoms with Crippen LogP contribution in [0.2, 0.25) is 0 Å². The van der Waals surface area contributed by atoms with E-state index in [4.69, 9.17) is 0 Å². The third kappa shape index (κ3) is 2.72. The highest BCUT2D eigenvalue weighted by molar-refractivity contribution is 9.10. The molecule has 2 unspecified atom stereocenters. The van der Waals surface area contributed by atoms with Crippen LogP contribution in [0.5, 0.6) is 0 Å². The van der Waals surface area contributed by atoms with Crippen LogP contribution in [-0.2, 0) is 4.79 Å². The topological polar surface area (TPSA) is 33.2 Å². The van der Waals surface area contributed by atoms with Gasteiger partial charge in [-0.2, -0.15) is 0 Å². The largest absolute Gasteiger partial charge is 0.295 e. The van der Waals surface area contributed by atoms with E-state index < -0.39 is 0 Å². The van der Waals surface area contributed by atoms with Crippen molar-refractivity contribution in [2.75, 3.05) is 4.90 Å². The van der Waals surface area contributed by atoms with Crippen molar-refractivity contribution >= 4 is 39.3 Å². The van der Waals surface area contributed by atoms with Crippen LogP contribution in [0.25, 0.3) is 0 Å². The van der Waals surface area contributed by atoms with Crippen molar-refractivity contribution in [3.63, 3.8) is 0 Å². The molecular weight excluding hydrogens is 348 g/mol. The van der Waals surface area contributed by atoms with Gasteiger partial charge in [0.1, 0.15) is 5.37 Å². The van der Waals surface area contributed by atoms with E-state index in [9.17, 15) is 4.79 Å². The Bertz CT molecular complexity index is 677. The Labute approximate surface area is 136 Å². The number of aromatic nitrogens is 1. The van der Waals surface area contributed by atoms with Crippen LogP contribution in [0.1, 0.15) is 23.4 Å². The van der Waals surface area contributed by atoms with Crippen LogP contribution in [0, 0.1) is 6.92 Å². The number of nitrogens with zero attached hydrogens (tertiary/aromatic N) is 2. The third-order valence-corrected chi connectivity index (χ3v) is 5.78. The van der Waals surface area contributed by atoms with Gasteiger partial charge in [0.25, 0.3) is 0 Å². The highest BCUT2D eigenvalue weighted by atomic mass is 79.9. The Kier molecular flexibility index (Phi) is 4.04. The summed E-state index contributed by atoms with van der Waals surface area (Å²) in [6.07, 6.45) is 3.59. The molecule has 1 saturated heterocycles. The molecule has 108 valence electrons. The molecule has 0 radical (unpaired) electrons. The average molecular weight is 363 g/mol. The lowest BCUT2D eigenvalue weighted by atomic mass is 10.1. The number of carbonyl (C=O) groups excluding carboxylic acids is 1. The van der Waals surface area contributed by atoms with Crippen LogP contribution in [0.3, 0.4) is 0 Å². The summed E-state index contributed by atoms with van der Waals surface area (Å²) in [5.41, 5.74) is 3.11. The molecule has 0 bridgehead atoms. The quantitative estimate of drug-likeness (QED) is 0.797. The first kappa shape index (κ1) is 14.6. The molecular formula is C16H15BrN2OS. The smallest absolute Gasteiger partial charge is 0.241 e. The Hall–Kier alpha value is -1.33. The van der Waals surface area contributed by atoms with E-state index in [1.54, 1.807) is 18.0 Å². The Morgan fingerprint density at radius 1 is 1.33 bits per heavy atom. The number of aryl methyl sites for hydroxylation is 1. The van der Waals surface area contributed by atoms with Gasteiger partial charge >= 0.3 is 0 Å². The Morgan fingerprint density at radius 3 is 2.81 bits per heavy atom. The standard InChI is InChI=1S/C16H15BrN2OS/c1-10-8-13(5-6-14(10)17)19-15(20)11(2)21-16(19)12-4-3-7-18-9-12/h3-9,11,16H,1-2H3. The lowest BCUT2D eigenvalue weighted by molar-refractivity contribution is -0.117. The van der Waals surface area contributed by atoms with Crippen molar-refractivity contribution in [3.8, 4) is 0 Å². The van der Waals surface area contributed by atoms with E-state index in [0.29, 0.717) is 0 Å². The van der Waals surface area contributed by atoms with Gasteiger partial charge in [-0.25, -0.2) is 0 Å². The third-order valence-electron chi connectivity index (χ3n) is 3.54. The number of hydrogen-bond acceptors (Lipinski definition) is 3. The van der Waals surface area contributed by atoms with Gasteiger partial charge < -0.3 is 0 Å². The van der Waals surface area contributed by atoms with Gasteiger partial charge in [-0.3, -0.25) is 14.7 Å². The normalized spacial score (nSPS) is 21.9. The first-order chi connectivity index (χ1) is 10.1. The van der Waals surface area contributed by atoms with E-state index in [1.807, 2.05) is 55.3 Å². The van der Waals surface area contributed by atoms with Crippen LogP contribution in [0.4, 0.5) is 5.69 Å². The van der Waals surface area contributed by atoms with Crippen molar-refractivity contribution in [2.45, 2.75) is 24.5 Å². The molecule has 0 saturated carbocycles. The number of thioether (sulfide) groups is 1. The number of rotatable bonds is 2. The van der Waals surface area contributed by atoms with E-state index in [2.05, 4.69) is 20.9 Å². The molecule has 0 aliphatic carbocycles. The molecule has 3 nitrogen and oxygen atoms in total. The molecule has 5 heteroatoms. The summed E-state index contributed by atoms with van der Waals surface area (Å²) in [5.74, 6) is 0.149. The number of pyridine rings is 1. The fourth-order valence-electron chi connectivity index (χ4n) is 2.41. The molecule has 2 aromatic rings. The predicted molar refractivity (Wildman–Crippen MR) is 90.4 cm³/mol. The van der Waals surface area contributed by atoms with E-state index in [1.165, 1.54) is 0 Å². The summed E-state index contributed by atoms with van der Waals surface area (Å²) in [5, 5.41) is -0.0547. The van der Waals surface area contributed by atoms with Crippen LogP contribution < -0.4 is 4.90 Å². The maximum Gasteiger partial charge on any atom is 0.241 e. The molecule has 1 aromatic carbocycles. The molecule has 0 N–H and O–H groups in total. The van der Waals surface area contributed by atoms with Gasteiger partial charge in [-0.1, -0.05) is 22.0 Å². The molecule has 1 aromatic heterocycles. The SMILES string of the molecule is Cc1cc(N2C(=O)C(C)SC2c2cccnc2)ccc1Br. The van der Waals surface area contributed by atoms with Crippen molar-refractivity contribution in [1.82, 2.24) is 4.98 Å². The minimum atomic E-state index is -0.0424. The molecule has 1 aliphatic rings. The van der Waals surface area contributed by atoms with E-state index in [0.717, 1.165) is 21.3 Å². The number of amides is 1. The summed E-state index contributed by atoms with van der Waals surface area (Å²) >= 11 is 5.17. The lowest BCUT2D eigenvalue weighted by Gasteiger charge is -2.24. The highest BCUT2D eigenvalue weighted by Crippen LogP contribution is 2.45. The first-order valence-electron chi connectivity index (χ1n) is 6.72. The van der Waals surface area contributed by atoms with Gasteiger partial charge in [0.2, 0.25) is 5.91 Å². The Morgan fingerprint density at radius 2 is 2.14 bits per heavy atom. The maximum absolute atomic E-state index is 12.6. The fraction of sp³-hybridized carbons (Fsp3) is 0.250. The molecule has 1 fully saturated rings. The minimum absolute atomic E-state index is 0.0122. The zero-order valence-corrected chi connectivity index (χ0v) is 14.2. The monoisotopic (exact) mass is 362 g/mol. The van der Waals surface area contributed by atoms with Gasteiger partial charge in [0, 0.05) is 28.1 Å². The maximum atomic E-state index is 12.6. The number of halogens is 1. The van der Waals surface area contributed by atoms with E-state index in [-0.39, 0.29) is 16.5 Å². The first-order valence-corrected chi connectivity index (χ1v) is 8.46. The Balaban J connectivity index is 2.04. The number of hydrogen-bond donors (Lipinski definition) is 0. The summed E-state index contributed by atoms with van der Waals surface area (Å²) in [7, 11) is 0. The molecule has 3 rings (SSSR count). The molecule has 21 heavy (non-hydrogen) atoms. The van der Waals surface area contributed by atoms with Gasteiger partial charge in [-0.05, 0) is 43.7 Å². The van der Waals surface area contributed by atoms with Crippen molar-refractivity contribution in [2.24, 2.45) is 0 Å². The zero-order chi connectivity index (χ0) is 15.0. The summed E-state index contributed by atoms with van der Waals surface area (Å²) in [6, 6.07) is 9.95. The van der Waals surface area contributed by atoms with Gasteiger partial charge in [0.05, 0.1) is 5.25 Å². The van der Waals surface area contributed by atoms with Crippen LogP contribution in [-0.4, -0.2) is 16.1 Å². The fourth-order valence-corrected chi connectivity index (χ4v) is 3.92. The predicted octanol–water partition coefficient (Wildman–Crippen LogP) is 4.32. The second-order valence-electron chi connectivity index (χ2n) is 5.06. The highest BCUT2D eigenvalue weighted by Gasteiger charge is 2.39. The number of carbonyl (C=O) groups is 1. The summed E-state index contributed by atoms with van der Waals surface area (Å²) in [6.45, 7) is 3.99. The average Bonchev–Trinajstić information content (AvgIpc) is 2.79. The zero-order valence-electron chi connectivity index (χ0n) is 11.8.